The van der Waals surface area contributed by atoms with Crippen molar-refractivity contribution in [3.63, 3.8) is 0 Å². The molecule has 1 aromatic carbocycles. The van der Waals surface area contributed by atoms with Crippen molar-refractivity contribution in [1.29, 1.82) is 0 Å². The van der Waals surface area contributed by atoms with Crippen molar-refractivity contribution in [2.24, 2.45) is 0 Å². The lowest BCUT2D eigenvalue weighted by Gasteiger charge is -2.09. The Morgan fingerprint density at radius 1 is 1.38 bits per heavy atom. The standard InChI is InChI=1S/C12H17NO3/c1-13-7-11(14)10-6-9(8-15-2)4-5-12(10)16-3/h4-6,13H,7-8H2,1-3H3. The van der Waals surface area contributed by atoms with Gasteiger partial charge in [0.05, 0.1) is 25.8 Å². The molecule has 0 heterocycles. The van der Waals surface area contributed by atoms with Crippen LogP contribution < -0.4 is 10.1 Å². The molecule has 0 spiro atoms. The molecule has 0 fully saturated rings. The van der Waals surface area contributed by atoms with E-state index in [0.29, 0.717) is 24.5 Å². The summed E-state index contributed by atoms with van der Waals surface area (Å²) >= 11 is 0. The molecule has 1 N–H and O–H groups in total. The number of rotatable bonds is 6. The van der Waals surface area contributed by atoms with Gasteiger partial charge in [-0.25, -0.2) is 0 Å². The van der Waals surface area contributed by atoms with Gasteiger partial charge in [0.25, 0.3) is 0 Å². The number of ether oxygens (including phenoxy) is 2. The Hall–Kier alpha value is -1.39. The molecule has 0 bridgehead atoms. The van der Waals surface area contributed by atoms with E-state index in [-0.39, 0.29) is 5.78 Å². The van der Waals surface area contributed by atoms with Crippen LogP contribution in [-0.4, -0.2) is 33.6 Å². The Morgan fingerprint density at radius 3 is 2.69 bits per heavy atom. The van der Waals surface area contributed by atoms with Crippen LogP contribution >= 0.6 is 0 Å². The summed E-state index contributed by atoms with van der Waals surface area (Å²) in [6, 6.07) is 5.48. The highest BCUT2D eigenvalue weighted by atomic mass is 16.5. The smallest absolute Gasteiger partial charge is 0.180 e. The molecule has 0 aliphatic heterocycles. The van der Waals surface area contributed by atoms with E-state index < -0.39 is 0 Å². The summed E-state index contributed by atoms with van der Waals surface area (Å²) < 4.78 is 10.2. The van der Waals surface area contributed by atoms with Crippen LogP contribution in [0.25, 0.3) is 0 Å². The highest BCUT2D eigenvalue weighted by molar-refractivity contribution is 6.00. The van der Waals surface area contributed by atoms with Crippen molar-refractivity contribution in [2.75, 3.05) is 27.8 Å². The maximum Gasteiger partial charge on any atom is 0.180 e. The summed E-state index contributed by atoms with van der Waals surface area (Å²) in [6.45, 7) is 0.788. The van der Waals surface area contributed by atoms with Crippen molar-refractivity contribution in [3.8, 4) is 5.75 Å². The highest BCUT2D eigenvalue weighted by Crippen LogP contribution is 2.20. The van der Waals surface area contributed by atoms with Crippen molar-refractivity contribution >= 4 is 5.78 Å². The summed E-state index contributed by atoms with van der Waals surface area (Å²) in [5.74, 6) is 0.609. The number of Topliss-reactive ketones (excluding diaryl/α,β-unsaturated/α-hetero) is 1. The average Bonchev–Trinajstić information content (AvgIpc) is 2.30. The maximum atomic E-state index is 11.8. The number of carbonyl (C=O) groups excluding carboxylic acids is 1. The number of hydrogen-bond donors (Lipinski definition) is 1. The van der Waals surface area contributed by atoms with E-state index in [1.807, 2.05) is 12.1 Å². The minimum absolute atomic E-state index is 0.0114. The van der Waals surface area contributed by atoms with Crippen LogP contribution in [0.3, 0.4) is 0 Å². The van der Waals surface area contributed by atoms with Crippen molar-refractivity contribution in [2.45, 2.75) is 6.61 Å². The molecule has 0 radical (unpaired) electrons. The monoisotopic (exact) mass is 223 g/mol. The van der Waals surface area contributed by atoms with Crippen LogP contribution in [0.4, 0.5) is 0 Å². The first kappa shape index (κ1) is 12.7. The van der Waals surface area contributed by atoms with Crippen LogP contribution in [0, 0.1) is 0 Å². The van der Waals surface area contributed by atoms with Gasteiger partial charge in [0.2, 0.25) is 0 Å². The zero-order chi connectivity index (χ0) is 12.0. The first-order chi connectivity index (χ1) is 7.72. The molecule has 0 aromatic heterocycles. The van der Waals surface area contributed by atoms with Gasteiger partial charge in [-0.15, -0.1) is 0 Å². The fraction of sp³-hybridized carbons (Fsp3) is 0.417. The molecule has 0 aliphatic carbocycles. The average molecular weight is 223 g/mol. The minimum atomic E-state index is 0.0114. The second-order valence-electron chi connectivity index (χ2n) is 3.42. The van der Waals surface area contributed by atoms with Crippen LogP contribution in [0.15, 0.2) is 18.2 Å². The zero-order valence-corrected chi connectivity index (χ0v) is 9.87. The van der Waals surface area contributed by atoms with Crippen molar-refractivity contribution in [3.05, 3.63) is 29.3 Å². The zero-order valence-electron chi connectivity index (χ0n) is 9.87. The number of hydrogen-bond acceptors (Lipinski definition) is 4. The highest BCUT2D eigenvalue weighted by Gasteiger charge is 2.12. The van der Waals surface area contributed by atoms with Gasteiger partial charge in [0.15, 0.2) is 5.78 Å². The predicted molar refractivity (Wildman–Crippen MR) is 62.0 cm³/mol. The van der Waals surface area contributed by atoms with Gasteiger partial charge in [-0.3, -0.25) is 4.79 Å². The third-order valence-electron chi connectivity index (χ3n) is 2.21. The molecule has 1 aromatic rings. The van der Waals surface area contributed by atoms with Gasteiger partial charge in [-0.1, -0.05) is 6.07 Å². The van der Waals surface area contributed by atoms with E-state index in [9.17, 15) is 4.79 Å². The Labute approximate surface area is 95.6 Å². The first-order valence-corrected chi connectivity index (χ1v) is 5.06. The minimum Gasteiger partial charge on any atom is -0.496 e. The molecule has 0 amide bonds. The molecule has 88 valence electrons. The molecule has 4 nitrogen and oxygen atoms in total. The van der Waals surface area contributed by atoms with E-state index >= 15 is 0 Å². The predicted octanol–water partition coefficient (Wildman–Crippen LogP) is 1.24. The fourth-order valence-corrected chi connectivity index (χ4v) is 1.49. The third-order valence-corrected chi connectivity index (χ3v) is 2.21. The first-order valence-electron chi connectivity index (χ1n) is 5.06. The van der Waals surface area contributed by atoms with Crippen LogP contribution in [0.1, 0.15) is 15.9 Å². The van der Waals surface area contributed by atoms with E-state index in [4.69, 9.17) is 9.47 Å². The molecule has 4 heteroatoms. The van der Waals surface area contributed by atoms with Gasteiger partial charge in [0, 0.05) is 7.11 Å². The van der Waals surface area contributed by atoms with Gasteiger partial charge in [-0.05, 0) is 24.7 Å². The van der Waals surface area contributed by atoms with Crippen LogP contribution in [0.2, 0.25) is 0 Å². The van der Waals surface area contributed by atoms with Gasteiger partial charge < -0.3 is 14.8 Å². The van der Waals surface area contributed by atoms with E-state index in [0.717, 1.165) is 5.56 Å². The number of ketones is 1. The van der Waals surface area contributed by atoms with Crippen molar-refractivity contribution in [1.82, 2.24) is 5.32 Å². The Kier molecular flexibility index (Phi) is 4.95. The lowest BCUT2D eigenvalue weighted by atomic mass is 10.1. The molecule has 0 atom stereocenters. The quantitative estimate of drug-likeness (QED) is 0.737. The SMILES string of the molecule is CNCC(=O)c1cc(COC)ccc1OC. The largest absolute Gasteiger partial charge is 0.496 e. The number of benzene rings is 1. The summed E-state index contributed by atoms with van der Waals surface area (Å²) in [6.07, 6.45) is 0. The second-order valence-corrected chi connectivity index (χ2v) is 3.42. The van der Waals surface area contributed by atoms with Crippen LogP contribution in [-0.2, 0) is 11.3 Å². The molecular formula is C12H17NO3. The third kappa shape index (κ3) is 3.05. The molecular weight excluding hydrogens is 206 g/mol. The van der Waals surface area contributed by atoms with Gasteiger partial charge in [0.1, 0.15) is 5.75 Å². The van der Waals surface area contributed by atoms with Gasteiger partial charge >= 0.3 is 0 Å². The summed E-state index contributed by atoms with van der Waals surface area (Å²) in [5.41, 5.74) is 1.55. The summed E-state index contributed by atoms with van der Waals surface area (Å²) in [7, 11) is 4.92. The molecule has 0 aliphatic rings. The lowest BCUT2D eigenvalue weighted by Crippen LogP contribution is -2.19. The van der Waals surface area contributed by atoms with E-state index in [1.54, 1.807) is 27.3 Å². The van der Waals surface area contributed by atoms with E-state index in [1.165, 1.54) is 0 Å². The topological polar surface area (TPSA) is 47.6 Å². The molecule has 1 rings (SSSR count). The van der Waals surface area contributed by atoms with Gasteiger partial charge in [-0.2, -0.15) is 0 Å². The second kappa shape index (κ2) is 6.25. The Morgan fingerprint density at radius 2 is 2.12 bits per heavy atom. The lowest BCUT2D eigenvalue weighted by molar-refractivity contribution is 0.0990. The van der Waals surface area contributed by atoms with Crippen LogP contribution in [0.5, 0.6) is 5.75 Å². The van der Waals surface area contributed by atoms with E-state index in [2.05, 4.69) is 5.32 Å². The summed E-state index contributed by atoms with van der Waals surface area (Å²) in [4.78, 5) is 11.8. The summed E-state index contributed by atoms with van der Waals surface area (Å²) in [5, 5.41) is 2.83. The molecule has 0 saturated heterocycles. The molecule has 0 unspecified atom stereocenters. The number of nitrogens with one attached hydrogen (secondary N) is 1. The molecule has 0 saturated carbocycles. The molecule has 16 heavy (non-hydrogen) atoms. The Bertz CT molecular complexity index is 363. The number of carbonyl (C=O) groups is 1. The fourth-order valence-electron chi connectivity index (χ4n) is 1.49. The van der Waals surface area contributed by atoms with Crippen molar-refractivity contribution < 1.29 is 14.3 Å². The number of methoxy groups -OCH3 is 2. The number of likely N-dealkylation sites (N-methyl/N-ethyl adjacent to an activating group) is 1. The maximum absolute atomic E-state index is 11.8. The Balaban J connectivity index is 3.01. The normalized spacial score (nSPS) is 10.2.